The van der Waals surface area contributed by atoms with Gasteiger partial charge in [-0.2, -0.15) is 4.31 Å². The number of carbonyl (C=O) groups is 1. The average molecular weight is 386 g/mol. The van der Waals surface area contributed by atoms with E-state index in [2.05, 4.69) is 10.3 Å². The smallest absolute Gasteiger partial charge is 0.244 e. The van der Waals surface area contributed by atoms with Crippen molar-refractivity contribution in [3.05, 3.63) is 18.3 Å². The fourth-order valence-corrected chi connectivity index (χ4v) is 4.92. The zero-order valence-corrected chi connectivity index (χ0v) is 16.7. The van der Waals surface area contributed by atoms with Crippen LogP contribution in [0.3, 0.4) is 0 Å². The number of hydrogen-bond acceptors (Lipinski definition) is 5. The Morgan fingerprint density at radius 3 is 2.32 bits per heavy atom. The summed E-state index contributed by atoms with van der Waals surface area (Å²) in [5.74, 6) is -0.0527. The Labute approximate surface area is 154 Å². The molecule has 6 nitrogen and oxygen atoms in total. The van der Waals surface area contributed by atoms with Crippen LogP contribution >= 0.6 is 11.8 Å². The van der Waals surface area contributed by atoms with Gasteiger partial charge in [0, 0.05) is 25.3 Å². The molecule has 1 aromatic heterocycles. The summed E-state index contributed by atoms with van der Waals surface area (Å²) in [6.45, 7) is 6.79. The molecular weight excluding hydrogens is 358 g/mol. The average Bonchev–Trinajstić information content (AvgIpc) is 2.84. The highest BCUT2D eigenvalue weighted by Gasteiger charge is 2.25. The second-order valence-electron chi connectivity index (χ2n) is 6.57. The molecule has 0 aliphatic carbocycles. The molecule has 0 spiro atoms. The van der Waals surface area contributed by atoms with Crippen LogP contribution in [0.15, 0.2) is 28.3 Å². The summed E-state index contributed by atoms with van der Waals surface area (Å²) in [5.41, 5.74) is 0. The van der Waals surface area contributed by atoms with Crippen molar-refractivity contribution in [3.63, 3.8) is 0 Å². The molecule has 0 bridgehead atoms. The van der Waals surface area contributed by atoms with Crippen molar-refractivity contribution in [1.82, 2.24) is 14.6 Å². The van der Waals surface area contributed by atoms with Gasteiger partial charge in [-0.15, -0.1) is 0 Å². The van der Waals surface area contributed by atoms with Gasteiger partial charge in [0.05, 0.1) is 10.3 Å². The van der Waals surface area contributed by atoms with E-state index >= 15 is 0 Å². The lowest BCUT2D eigenvalue weighted by molar-refractivity contribution is -0.120. The van der Waals surface area contributed by atoms with Gasteiger partial charge in [0.25, 0.3) is 0 Å². The molecule has 1 saturated heterocycles. The molecule has 0 saturated carbocycles. The molecule has 1 aliphatic rings. The Morgan fingerprint density at radius 1 is 1.16 bits per heavy atom. The number of rotatable bonds is 6. The molecule has 1 aliphatic heterocycles. The summed E-state index contributed by atoms with van der Waals surface area (Å²) >= 11 is 1.32. The van der Waals surface area contributed by atoms with Crippen LogP contribution in [0.25, 0.3) is 0 Å². The van der Waals surface area contributed by atoms with Gasteiger partial charge < -0.3 is 5.32 Å². The van der Waals surface area contributed by atoms with Gasteiger partial charge in [0.1, 0.15) is 4.90 Å². The van der Waals surface area contributed by atoms with Crippen molar-refractivity contribution in [2.45, 2.75) is 67.7 Å². The second kappa shape index (κ2) is 9.00. The van der Waals surface area contributed by atoms with Gasteiger partial charge in [-0.3, -0.25) is 4.79 Å². The van der Waals surface area contributed by atoms with Gasteiger partial charge in [-0.1, -0.05) is 24.6 Å². The fourth-order valence-electron chi connectivity index (χ4n) is 2.66. The highest BCUT2D eigenvalue weighted by molar-refractivity contribution is 8.00. The highest BCUT2D eigenvalue weighted by atomic mass is 32.2. The first kappa shape index (κ1) is 20.2. The molecule has 1 N–H and O–H groups in total. The molecule has 1 fully saturated rings. The van der Waals surface area contributed by atoms with E-state index in [0.717, 1.165) is 25.7 Å². The van der Waals surface area contributed by atoms with Crippen LogP contribution in [0.1, 0.15) is 46.5 Å². The zero-order valence-electron chi connectivity index (χ0n) is 15.1. The number of hydrogen-bond donors (Lipinski definition) is 1. The van der Waals surface area contributed by atoms with Crippen LogP contribution in [-0.2, 0) is 14.8 Å². The monoisotopic (exact) mass is 385 g/mol. The molecular formula is C17H27N3O3S2. The number of aromatic nitrogens is 1. The van der Waals surface area contributed by atoms with E-state index < -0.39 is 10.0 Å². The van der Waals surface area contributed by atoms with E-state index in [9.17, 15) is 13.2 Å². The number of nitrogens with zero attached hydrogens (tertiary/aromatic N) is 2. The molecule has 2 rings (SSSR count). The van der Waals surface area contributed by atoms with E-state index in [1.54, 1.807) is 16.4 Å². The van der Waals surface area contributed by atoms with Gasteiger partial charge in [-0.05, 0) is 45.7 Å². The first-order valence-electron chi connectivity index (χ1n) is 8.74. The molecule has 25 heavy (non-hydrogen) atoms. The predicted octanol–water partition coefficient (Wildman–Crippen LogP) is 2.65. The summed E-state index contributed by atoms with van der Waals surface area (Å²) in [4.78, 5) is 16.4. The fraction of sp³-hybridized carbons (Fsp3) is 0.647. The molecule has 0 aromatic carbocycles. The third kappa shape index (κ3) is 5.69. The predicted molar refractivity (Wildman–Crippen MR) is 100 cm³/mol. The van der Waals surface area contributed by atoms with E-state index in [1.807, 2.05) is 20.8 Å². The van der Waals surface area contributed by atoms with Gasteiger partial charge in [0.2, 0.25) is 15.9 Å². The summed E-state index contributed by atoms with van der Waals surface area (Å²) in [7, 11) is -3.48. The lowest BCUT2D eigenvalue weighted by Crippen LogP contribution is -2.35. The third-order valence-electron chi connectivity index (χ3n) is 4.01. The Hall–Kier alpha value is -1.12. The lowest BCUT2D eigenvalue weighted by Gasteiger charge is -2.20. The number of carbonyl (C=O) groups excluding carboxylic acids is 1. The summed E-state index contributed by atoms with van der Waals surface area (Å²) in [6, 6.07) is 3.35. The van der Waals surface area contributed by atoms with E-state index in [0.29, 0.717) is 18.1 Å². The zero-order chi connectivity index (χ0) is 18.4. The molecule has 2 heterocycles. The summed E-state index contributed by atoms with van der Waals surface area (Å²) in [6.07, 6.45) is 5.37. The minimum Gasteiger partial charge on any atom is -0.353 e. The van der Waals surface area contributed by atoms with Crippen molar-refractivity contribution in [3.8, 4) is 0 Å². The molecule has 0 radical (unpaired) electrons. The van der Waals surface area contributed by atoms with Crippen molar-refractivity contribution < 1.29 is 13.2 Å². The maximum Gasteiger partial charge on any atom is 0.244 e. The Balaban J connectivity index is 2.04. The molecule has 8 heteroatoms. The summed E-state index contributed by atoms with van der Waals surface area (Å²) in [5, 5.41) is 3.21. The van der Waals surface area contributed by atoms with Crippen LogP contribution in [0.2, 0.25) is 0 Å². The van der Waals surface area contributed by atoms with Gasteiger partial charge in [0.15, 0.2) is 0 Å². The minimum atomic E-state index is -3.48. The minimum absolute atomic E-state index is 0.0527. The van der Waals surface area contributed by atoms with Crippen molar-refractivity contribution in [1.29, 1.82) is 0 Å². The Bertz CT molecular complexity index is 667. The highest BCUT2D eigenvalue weighted by Crippen LogP contribution is 2.24. The SMILES string of the molecule is CC(C)NC(=O)[C@@H](C)Sc1ccc(S(=O)(=O)N2CCCCCC2)cn1. The maximum absolute atomic E-state index is 12.7. The third-order valence-corrected chi connectivity index (χ3v) is 6.94. The topological polar surface area (TPSA) is 79.4 Å². The normalized spacial score (nSPS) is 17.9. The molecule has 1 aromatic rings. The number of nitrogens with one attached hydrogen (secondary N) is 1. The van der Waals surface area contributed by atoms with Gasteiger partial charge >= 0.3 is 0 Å². The number of pyridine rings is 1. The quantitative estimate of drug-likeness (QED) is 0.762. The largest absolute Gasteiger partial charge is 0.353 e. The lowest BCUT2D eigenvalue weighted by atomic mass is 10.2. The van der Waals surface area contributed by atoms with Gasteiger partial charge in [-0.25, -0.2) is 13.4 Å². The standard InChI is InChI=1S/C17H27N3O3S2/c1-13(2)19-17(21)14(3)24-16-9-8-15(12-18-16)25(22,23)20-10-6-4-5-7-11-20/h8-9,12-14H,4-7,10-11H2,1-3H3,(H,19,21)/t14-/m1/s1. The Kier molecular flexibility index (Phi) is 7.27. The van der Waals surface area contributed by atoms with E-state index in [4.69, 9.17) is 0 Å². The van der Waals surface area contributed by atoms with Crippen molar-refractivity contribution in [2.24, 2.45) is 0 Å². The molecule has 1 atom stereocenters. The van der Waals surface area contributed by atoms with Crippen LogP contribution < -0.4 is 5.32 Å². The molecule has 1 amide bonds. The Morgan fingerprint density at radius 2 is 1.80 bits per heavy atom. The first-order chi connectivity index (χ1) is 11.8. The van der Waals surface area contributed by atoms with Crippen molar-refractivity contribution >= 4 is 27.7 Å². The van der Waals surface area contributed by atoms with Crippen LogP contribution in [0.5, 0.6) is 0 Å². The second-order valence-corrected chi connectivity index (χ2v) is 9.87. The first-order valence-corrected chi connectivity index (χ1v) is 11.1. The van der Waals surface area contributed by atoms with Crippen LogP contribution in [0, 0.1) is 0 Å². The number of thioether (sulfide) groups is 1. The number of amides is 1. The van der Waals surface area contributed by atoms with Crippen LogP contribution in [-0.4, -0.2) is 48.0 Å². The van der Waals surface area contributed by atoms with Crippen molar-refractivity contribution in [2.75, 3.05) is 13.1 Å². The number of sulfonamides is 1. The van der Waals surface area contributed by atoms with E-state index in [1.165, 1.54) is 18.0 Å². The summed E-state index contributed by atoms with van der Waals surface area (Å²) < 4.78 is 27.0. The van der Waals surface area contributed by atoms with Crippen LogP contribution in [0.4, 0.5) is 0 Å². The maximum atomic E-state index is 12.7. The molecule has 140 valence electrons. The van der Waals surface area contributed by atoms with E-state index in [-0.39, 0.29) is 22.1 Å². The molecule has 0 unspecified atom stereocenters.